The van der Waals surface area contributed by atoms with Gasteiger partial charge in [-0.25, -0.2) is 0 Å². The van der Waals surface area contributed by atoms with E-state index in [2.05, 4.69) is 0 Å². The highest BCUT2D eigenvalue weighted by atomic mass is 32.2. The molecule has 1 fully saturated rings. The van der Waals surface area contributed by atoms with Crippen LogP contribution in [-0.4, -0.2) is 15.7 Å². The Morgan fingerprint density at radius 2 is 2.12 bits per heavy atom. The molecule has 1 aromatic rings. The molecule has 2 rings (SSSR count). The van der Waals surface area contributed by atoms with Gasteiger partial charge >= 0.3 is 0 Å². The lowest BCUT2D eigenvalue weighted by Crippen LogP contribution is -2.11. The highest BCUT2D eigenvalue weighted by Gasteiger charge is 2.24. The van der Waals surface area contributed by atoms with E-state index in [0.29, 0.717) is 11.5 Å². The summed E-state index contributed by atoms with van der Waals surface area (Å²) >= 11 is 0. The first-order valence-electron chi connectivity index (χ1n) is 6.15. The van der Waals surface area contributed by atoms with Gasteiger partial charge in [0.1, 0.15) is 5.78 Å². The van der Waals surface area contributed by atoms with Crippen molar-refractivity contribution in [2.45, 2.75) is 37.5 Å². The highest BCUT2D eigenvalue weighted by Crippen LogP contribution is 2.25. The number of Topliss-reactive ketones (excluding diaryl/α,β-unsaturated/α-hetero) is 1. The minimum absolute atomic E-state index is 0.169. The fourth-order valence-electron chi connectivity index (χ4n) is 2.36. The largest absolute Gasteiger partial charge is 0.299 e. The van der Waals surface area contributed by atoms with Gasteiger partial charge in [0.05, 0.1) is 10.8 Å². The third-order valence-corrected chi connectivity index (χ3v) is 4.98. The zero-order chi connectivity index (χ0) is 12.3. The first kappa shape index (κ1) is 12.5. The minimum Gasteiger partial charge on any atom is -0.299 e. The first-order valence-corrected chi connectivity index (χ1v) is 7.47. The van der Waals surface area contributed by atoms with Gasteiger partial charge in [0.2, 0.25) is 0 Å². The Hall–Kier alpha value is -0.960. The molecule has 0 aromatic heterocycles. The molecule has 3 heteroatoms. The van der Waals surface area contributed by atoms with E-state index in [1.54, 1.807) is 0 Å². The maximum Gasteiger partial charge on any atom is 0.136 e. The van der Waals surface area contributed by atoms with Crippen molar-refractivity contribution in [3.8, 4) is 0 Å². The van der Waals surface area contributed by atoms with Crippen LogP contribution in [0.25, 0.3) is 0 Å². The molecule has 0 saturated heterocycles. The lowest BCUT2D eigenvalue weighted by molar-refractivity contribution is -0.120. The third kappa shape index (κ3) is 3.03. The van der Waals surface area contributed by atoms with Crippen molar-refractivity contribution >= 4 is 16.6 Å². The van der Waals surface area contributed by atoms with E-state index in [1.807, 2.05) is 31.2 Å². The Morgan fingerprint density at radius 1 is 1.35 bits per heavy atom. The summed E-state index contributed by atoms with van der Waals surface area (Å²) in [7, 11) is -0.958. The van der Waals surface area contributed by atoms with Gasteiger partial charge in [-0.3, -0.25) is 9.00 Å². The molecule has 0 spiro atoms. The van der Waals surface area contributed by atoms with Crippen molar-refractivity contribution < 1.29 is 9.00 Å². The van der Waals surface area contributed by atoms with Crippen LogP contribution in [-0.2, 0) is 15.6 Å². The van der Waals surface area contributed by atoms with Crippen LogP contribution in [0.1, 0.15) is 31.2 Å². The second kappa shape index (κ2) is 5.58. The van der Waals surface area contributed by atoms with Crippen molar-refractivity contribution in [2.24, 2.45) is 5.92 Å². The van der Waals surface area contributed by atoms with Gasteiger partial charge in [0.15, 0.2) is 0 Å². The summed E-state index contributed by atoms with van der Waals surface area (Å²) < 4.78 is 12.1. The predicted octanol–water partition coefficient (Wildman–Crippen LogP) is 2.86. The third-order valence-electron chi connectivity index (χ3n) is 3.42. The van der Waals surface area contributed by atoms with E-state index >= 15 is 0 Å². The Morgan fingerprint density at radius 3 is 2.76 bits per heavy atom. The van der Waals surface area contributed by atoms with E-state index < -0.39 is 10.8 Å². The van der Waals surface area contributed by atoms with Crippen LogP contribution in [0, 0.1) is 12.8 Å². The van der Waals surface area contributed by atoms with Gasteiger partial charge in [0, 0.05) is 23.0 Å². The Labute approximate surface area is 105 Å². The predicted molar refractivity (Wildman–Crippen MR) is 69.4 cm³/mol. The molecule has 0 radical (unpaired) electrons. The van der Waals surface area contributed by atoms with Crippen molar-refractivity contribution in [1.82, 2.24) is 0 Å². The first-order chi connectivity index (χ1) is 8.18. The number of carbonyl (C=O) groups is 1. The number of benzene rings is 1. The Balaban J connectivity index is 1.94. The van der Waals surface area contributed by atoms with Crippen LogP contribution in [0.4, 0.5) is 0 Å². The average molecular weight is 250 g/mol. The zero-order valence-electron chi connectivity index (χ0n) is 10.1. The monoisotopic (exact) mass is 250 g/mol. The van der Waals surface area contributed by atoms with Crippen LogP contribution in [0.15, 0.2) is 29.2 Å². The van der Waals surface area contributed by atoms with Gasteiger partial charge in [-0.05, 0) is 37.8 Å². The summed E-state index contributed by atoms with van der Waals surface area (Å²) in [4.78, 5) is 12.4. The van der Waals surface area contributed by atoms with Gasteiger partial charge < -0.3 is 0 Å². The van der Waals surface area contributed by atoms with Crippen LogP contribution >= 0.6 is 0 Å². The molecule has 2 atom stereocenters. The average Bonchev–Trinajstić information content (AvgIpc) is 2.72. The van der Waals surface area contributed by atoms with Crippen LogP contribution in [0.3, 0.4) is 0 Å². The molecule has 1 aliphatic rings. The summed E-state index contributed by atoms with van der Waals surface area (Å²) in [6, 6.07) is 7.77. The summed E-state index contributed by atoms with van der Waals surface area (Å²) in [6.45, 7) is 1.98. The normalized spacial score (nSPS) is 21.7. The Kier molecular flexibility index (Phi) is 4.11. The molecule has 2 unspecified atom stereocenters. The number of rotatable bonds is 4. The Bertz CT molecular complexity index is 440. The van der Waals surface area contributed by atoms with Crippen molar-refractivity contribution in [3.63, 3.8) is 0 Å². The number of carbonyl (C=O) groups excluding carboxylic acids is 1. The lowest BCUT2D eigenvalue weighted by atomic mass is 10.1. The maximum absolute atomic E-state index is 12.1. The quantitative estimate of drug-likeness (QED) is 0.823. The molecule has 0 heterocycles. The molecule has 17 heavy (non-hydrogen) atoms. The second-order valence-electron chi connectivity index (χ2n) is 4.66. The van der Waals surface area contributed by atoms with Crippen molar-refractivity contribution in [2.75, 3.05) is 5.75 Å². The van der Waals surface area contributed by atoms with Crippen LogP contribution in [0.5, 0.6) is 0 Å². The fraction of sp³-hybridized carbons (Fsp3) is 0.500. The van der Waals surface area contributed by atoms with Crippen LogP contribution in [0.2, 0.25) is 0 Å². The summed E-state index contributed by atoms with van der Waals surface area (Å²) in [5.41, 5.74) is 1.07. The second-order valence-corrected chi connectivity index (χ2v) is 6.20. The van der Waals surface area contributed by atoms with Gasteiger partial charge in [-0.1, -0.05) is 18.2 Å². The fourth-order valence-corrected chi connectivity index (χ4v) is 3.74. The maximum atomic E-state index is 12.1. The standard InChI is InChI=1S/C14H18O2S/c1-11-5-2-3-8-14(11)17(16)10-9-12-6-4-7-13(12)15/h2-3,5,8,12H,4,6-7,9-10H2,1H3. The summed E-state index contributed by atoms with van der Waals surface area (Å²) in [6.07, 6.45) is 3.51. The number of hydrogen-bond donors (Lipinski definition) is 0. The smallest absolute Gasteiger partial charge is 0.136 e. The number of ketones is 1. The van der Waals surface area contributed by atoms with E-state index in [0.717, 1.165) is 36.1 Å². The molecular formula is C14H18O2S. The molecule has 0 amide bonds. The van der Waals surface area contributed by atoms with E-state index in [-0.39, 0.29) is 5.92 Å². The van der Waals surface area contributed by atoms with E-state index in [1.165, 1.54) is 0 Å². The molecule has 92 valence electrons. The number of hydrogen-bond acceptors (Lipinski definition) is 2. The molecule has 0 aliphatic heterocycles. The van der Waals surface area contributed by atoms with Gasteiger partial charge in [-0.2, -0.15) is 0 Å². The number of aryl methyl sites for hydroxylation is 1. The minimum atomic E-state index is -0.958. The highest BCUT2D eigenvalue weighted by molar-refractivity contribution is 7.85. The molecule has 0 N–H and O–H groups in total. The topological polar surface area (TPSA) is 34.1 Å². The molecule has 1 aliphatic carbocycles. The molecular weight excluding hydrogens is 232 g/mol. The van der Waals surface area contributed by atoms with Gasteiger partial charge in [0.25, 0.3) is 0 Å². The van der Waals surface area contributed by atoms with E-state index in [9.17, 15) is 9.00 Å². The summed E-state index contributed by atoms with van der Waals surface area (Å²) in [5.74, 6) is 1.15. The lowest BCUT2D eigenvalue weighted by Gasteiger charge is -2.09. The molecule has 1 aromatic carbocycles. The SMILES string of the molecule is Cc1ccccc1S(=O)CCC1CCCC1=O. The van der Waals surface area contributed by atoms with E-state index in [4.69, 9.17) is 0 Å². The molecule has 1 saturated carbocycles. The van der Waals surface area contributed by atoms with Crippen molar-refractivity contribution in [3.05, 3.63) is 29.8 Å². The molecule has 0 bridgehead atoms. The van der Waals surface area contributed by atoms with Crippen molar-refractivity contribution in [1.29, 1.82) is 0 Å². The van der Waals surface area contributed by atoms with Gasteiger partial charge in [-0.15, -0.1) is 0 Å². The molecule has 2 nitrogen and oxygen atoms in total. The summed E-state index contributed by atoms with van der Waals surface area (Å²) in [5, 5.41) is 0. The van der Waals surface area contributed by atoms with Crippen LogP contribution < -0.4 is 0 Å². The zero-order valence-corrected chi connectivity index (χ0v) is 11.0.